The lowest BCUT2D eigenvalue weighted by Crippen LogP contribution is -2.07. The molecule has 0 aliphatic heterocycles. The van der Waals surface area contributed by atoms with Crippen molar-refractivity contribution in [1.29, 1.82) is 0 Å². The van der Waals surface area contributed by atoms with Crippen LogP contribution in [0.5, 0.6) is 11.5 Å². The number of benzene rings is 1. The number of nitrogens with zero attached hydrogens (tertiary/aromatic N) is 3. The average Bonchev–Trinajstić information content (AvgIpc) is 2.53. The molecule has 0 unspecified atom stereocenters. The maximum Gasteiger partial charge on any atom is 0.244 e. The molecule has 0 amide bonds. The predicted molar refractivity (Wildman–Crippen MR) is 81.4 cm³/mol. The molecule has 0 radical (unpaired) electrons. The van der Waals surface area contributed by atoms with Crippen LogP contribution < -0.4 is 20.1 Å². The molecule has 7 nitrogen and oxygen atoms in total. The summed E-state index contributed by atoms with van der Waals surface area (Å²) in [6, 6.07) is 5.49. The molecule has 2 aromatic rings. The lowest BCUT2D eigenvalue weighted by atomic mass is 10.2. The van der Waals surface area contributed by atoms with Gasteiger partial charge in [-0.15, -0.1) is 5.10 Å². The Morgan fingerprint density at radius 1 is 1.19 bits per heavy atom. The van der Waals surface area contributed by atoms with Gasteiger partial charge in [-0.25, -0.2) is 0 Å². The molecule has 0 saturated heterocycles. The van der Waals surface area contributed by atoms with Gasteiger partial charge in [0.1, 0.15) is 11.5 Å². The number of rotatable bonds is 7. The van der Waals surface area contributed by atoms with Gasteiger partial charge in [-0.05, 0) is 18.6 Å². The Labute approximate surface area is 123 Å². The molecule has 21 heavy (non-hydrogen) atoms. The van der Waals surface area contributed by atoms with Gasteiger partial charge in [0.2, 0.25) is 5.95 Å². The summed E-state index contributed by atoms with van der Waals surface area (Å²) in [5.41, 5.74) is 0.749. The Balaban J connectivity index is 2.20. The molecule has 1 aromatic heterocycles. The topological polar surface area (TPSA) is 81.2 Å². The average molecular weight is 289 g/mol. The molecule has 0 atom stereocenters. The van der Waals surface area contributed by atoms with E-state index in [-0.39, 0.29) is 0 Å². The lowest BCUT2D eigenvalue weighted by molar-refractivity contribution is 0.405. The molecule has 2 rings (SSSR count). The smallest absolute Gasteiger partial charge is 0.244 e. The van der Waals surface area contributed by atoms with Gasteiger partial charge in [0.25, 0.3) is 0 Å². The van der Waals surface area contributed by atoms with Gasteiger partial charge >= 0.3 is 0 Å². The molecule has 0 saturated carbocycles. The van der Waals surface area contributed by atoms with Crippen molar-refractivity contribution in [3.8, 4) is 11.5 Å². The summed E-state index contributed by atoms with van der Waals surface area (Å²) in [4.78, 5) is 4.34. The highest BCUT2D eigenvalue weighted by molar-refractivity contribution is 5.66. The Hall–Kier alpha value is -2.57. The van der Waals surface area contributed by atoms with Crippen molar-refractivity contribution < 1.29 is 9.47 Å². The first-order chi connectivity index (χ1) is 10.3. The number of hydrogen-bond acceptors (Lipinski definition) is 7. The molecule has 1 heterocycles. The van der Waals surface area contributed by atoms with E-state index >= 15 is 0 Å². The quantitative estimate of drug-likeness (QED) is 0.810. The zero-order valence-corrected chi connectivity index (χ0v) is 12.4. The third-order valence-electron chi connectivity index (χ3n) is 2.76. The molecule has 7 heteroatoms. The second-order valence-corrected chi connectivity index (χ2v) is 4.28. The number of hydrogen-bond donors (Lipinski definition) is 2. The fourth-order valence-corrected chi connectivity index (χ4v) is 1.73. The monoisotopic (exact) mass is 289 g/mol. The number of methoxy groups -OCH3 is 2. The van der Waals surface area contributed by atoms with Gasteiger partial charge in [-0.1, -0.05) is 6.92 Å². The van der Waals surface area contributed by atoms with E-state index in [1.165, 1.54) is 0 Å². The minimum absolute atomic E-state index is 0.490. The van der Waals surface area contributed by atoms with Crippen molar-refractivity contribution in [2.24, 2.45) is 0 Å². The van der Waals surface area contributed by atoms with Gasteiger partial charge in [-0.3, -0.25) is 0 Å². The summed E-state index contributed by atoms with van der Waals surface area (Å²) in [6.45, 7) is 2.87. The Bertz CT molecular complexity index is 591. The number of anilines is 3. The van der Waals surface area contributed by atoms with Crippen LogP contribution in [0.1, 0.15) is 13.3 Å². The summed E-state index contributed by atoms with van der Waals surface area (Å²) in [5.74, 6) is 2.49. The van der Waals surface area contributed by atoms with Crippen molar-refractivity contribution in [3.63, 3.8) is 0 Å². The predicted octanol–water partition coefficient (Wildman–Crippen LogP) is 2.45. The summed E-state index contributed by atoms with van der Waals surface area (Å²) in [5, 5.41) is 14.1. The Morgan fingerprint density at radius 2 is 2.05 bits per heavy atom. The standard InChI is InChI=1S/C14H19N5O2/c1-4-7-15-14-18-13(9-16-19-14)17-11-8-10(20-2)5-6-12(11)21-3/h5-6,8-9H,4,7H2,1-3H3,(H2,15,17,18,19). The van der Waals surface area contributed by atoms with E-state index in [0.717, 1.165) is 24.4 Å². The van der Waals surface area contributed by atoms with Crippen LogP contribution >= 0.6 is 0 Å². The van der Waals surface area contributed by atoms with Crippen molar-refractivity contribution >= 4 is 17.5 Å². The largest absolute Gasteiger partial charge is 0.497 e. The van der Waals surface area contributed by atoms with E-state index in [0.29, 0.717) is 17.5 Å². The van der Waals surface area contributed by atoms with Crippen LogP contribution in [0, 0.1) is 0 Å². The lowest BCUT2D eigenvalue weighted by Gasteiger charge is -2.12. The van der Waals surface area contributed by atoms with Gasteiger partial charge in [0, 0.05) is 12.6 Å². The Kier molecular flexibility index (Phi) is 5.14. The molecule has 0 spiro atoms. The minimum atomic E-state index is 0.490. The van der Waals surface area contributed by atoms with Crippen molar-refractivity contribution in [2.45, 2.75) is 13.3 Å². The van der Waals surface area contributed by atoms with Crippen LogP contribution in [0.2, 0.25) is 0 Å². The third-order valence-corrected chi connectivity index (χ3v) is 2.76. The van der Waals surface area contributed by atoms with Crippen LogP contribution in [-0.2, 0) is 0 Å². The van der Waals surface area contributed by atoms with Crippen molar-refractivity contribution in [3.05, 3.63) is 24.4 Å². The van der Waals surface area contributed by atoms with Gasteiger partial charge in [-0.2, -0.15) is 10.1 Å². The highest BCUT2D eigenvalue weighted by Gasteiger charge is 2.07. The van der Waals surface area contributed by atoms with E-state index in [2.05, 4.69) is 32.7 Å². The molecule has 0 bridgehead atoms. The molecular weight excluding hydrogens is 270 g/mol. The second kappa shape index (κ2) is 7.28. The van der Waals surface area contributed by atoms with Crippen LogP contribution in [0.4, 0.5) is 17.5 Å². The van der Waals surface area contributed by atoms with E-state index in [1.54, 1.807) is 20.4 Å². The summed E-state index contributed by atoms with van der Waals surface area (Å²) >= 11 is 0. The maximum absolute atomic E-state index is 5.31. The summed E-state index contributed by atoms with van der Waals surface area (Å²) < 4.78 is 10.5. The zero-order valence-electron chi connectivity index (χ0n) is 12.4. The molecule has 0 aliphatic rings. The first kappa shape index (κ1) is 14.8. The second-order valence-electron chi connectivity index (χ2n) is 4.28. The van der Waals surface area contributed by atoms with Crippen LogP contribution in [0.25, 0.3) is 0 Å². The van der Waals surface area contributed by atoms with Crippen molar-refractivity contribution in [1.82, 2.24) is 15.2 Å². The number of ether oxygens (including phenoxy) is 2. The summed E-state index contributed by atoms with van der Waals surface area (Å²) in [7, 11) is 3.23. The molecule has 1 aromatic carbocycles. The Morgan fingerprint density at radius 3 is 2.76 bits per heavy atom. The maximum atomic E-state index is 5.31. The first-order valence-electron chi connectivity index (χ1n) is 6.69. The molecular formula is C14H19N5O2. The van der Waals surface area contributed by atoms with Gasteiger partial charge < -0.3 is 20.1 Å². The molecule has 0 fully saturated rings. The van der Waals surface area contributed by atoms with Crippen LogP contribution in [-0.4, -0.2) is 35.9 Å². The molecule has 0 aliphatic carbocycles. The van der Waals surface area contributed by atoms with E-state index in [9.17, 15) is 0 Å². The number of nitrogens with one attached hydrogen (secondary N) is 2. The fourth-order valence-electron chi connectivity index (χ4n) is 1.73. The fraction of sp³-hybridized carbons (Fsp3) is 0.357. The normalized spacial score (nSPS) is 10.0. The van der Waals surface area contributed by atoms with E-state index < -0.39 is 0 Å². The summed E-state index contributed by atoms with van der Waals surface area (Å²) in [6.07, 6.45) is 2.54. The number of aromatic nitrogens is 3. The highest BCUT2D eigenvalue weighted by Crippen LogP contribution is 2.30. The molecule has 112 valence electrons. The van der Waals surface area contributed by atoms with Gasteiger partial charge in [0.15, 0.2) is 5.82 Å². The van der Waals surface area contributed by atoms with Crippen LogP contribution in [0.3, 0.4) is 0 Å². The first-order valence-corrected chi connectivity index (χ1v) is 6.69. The van der Waals surface area contributed by atoms with Crippen molar-refractivity contribution in [2.75, 3.05) is 31.4 Å². The third kappa shape index (κ3) is 3.95. The van der Waals surface area contributed by atoms with E-state index in [1.807, 2.05) is 18.2 Å². The van der Waals surface area contributed by atoms with E-state index in [4.69, 9.17) is 9.47 Å². The van der Waals surface area contributed by atoms with Gasteiger partial charge in [0.05, 0.1) is 26.1 Å². The van der Waals surface area contributed by atoms with Crippen LogP contribution in [0.15, 0.2) is 24.4 Å². The zero-order chi connectivity index (χ0) is 15.1. The minimum Gasteiger partial charge on any atom is -0.497 e. The highest BCUT2D eigenvalue weighted by atomic mass is 16.5. The SMILES string of the molecule is CCCNc1nncc(Nc2cc(OC)ccc2OC)n1. The molecule has 2 N–H and O–H groups in total.